The molecule has 0 saturated carbocycles. The topological polar surface area (TPSA) is 0 Å². The Morgan fingerprint density at radius 1 is 0.765 bits per heavy atom. The third kappa shape index (κ3) is 3.74. The average molecular weight is 392 g/mol. The molecule has 11 heteroatoms. The molecular weight excluding hydrogens is 389 g/mol. The molecule has 0 saturated heterocycles. The molecule has 0 fully saturated rings. The smallest absolute Gasteiger partial charge is 0.198 e. The van der Waals surface area contributed by atoms with E-state index < -0.39 is 34.5 Å². The summed E-state index contributed by atoms with van der Waals surface area (Å²) in [5.41, 5.74) is 0. The van der Waals surface area contributed by atoms with Crippen LogP contribution in [0.1, 0.15) is 6.42 Å². The lowest BCUT2D eigenvalue weighted by Crippen LogP contribution is -2.56. The summed E-state index contributed by atoms with van der Waals surface area (Å²) in [6.45, 7) is 0. The summed E-state index contributed by atoms with van der Waals surface area (Å²) >= 11 is 0.225. The highest BCUT2D eigenvalue weighted by Crippen LogP contribution is 2.51. The van der Waals surface area contributed by atoms with Gasteiger partial charge in [0.25, 0.3) is 0 Å². The van der Waals surface area contributed by atoms with E-state index in [1.165, 1.54) is 0 Å². The maximum absolute atomic E-state index is 12.6. The Morgan fingerprint density at radius 2 is 1.12 bits per heavy atom. The standard InChI is InChI=1S/C6H3F10I/c7-3(8,9)1-2(17)4(10,11)5(12,13)6(14,15)16/h2H,1H2. The highest BCUT2D eigenvalue weighted by Gasteiger charge is 2.75. The molecule has 0 aromatic carbocycles. The fourth-order valence-corrected chi connectivity index (χ4v) is 1.61. The molecule has 0 bridgehead atoms. The molecule has 0 heterocycles. The van der Waals surface area contributed by atoms with Crippen molar-refractivity contribution < 1.29 is 43.9 Å². The molecule has 0 aromatic rings. The summed E-state index contributed by atoms with van der Waals surface area (Å²) in [7, 11) is 0. The molecule has 0 aromatic heterocycles. The second-order valence-corrected chi connectivity index (χ2v) is 4.49. The largest absolute Gasteiger partial charge is 0.459 e. The molecule has 0 aliphatic carbocycles. The number of hydrogen-bond donors (Lipinski definition) is 0. The van der Waals surface area contributed by atoms with Gasteiger partial charge in [0.2, 0.25) is 0 Å². The molecule has 0 nitrogen and oxygen atoms in total. The summed E-state index contributed by atoms with van der Waals surface area (Å²) in [6, 6.07) is 0. The first-order valence-corrected chi connectivity index (χ1v) is 4.90. The predicted octanol–water partition coefficient (Wildman–Crippen LogP) is 4.58. The van der Waals surface area contributed by atoms with Crippen LogP contribution in [0.2, 0.25) is 0 Å². The Bertz CT molecular complexity index is 263. The number of hydrogen-bond acceptors (Lipinski definition) is 0. The molecule has 104 valence electrons. The summed E-state index contributed by atoms with van der Waals surface area (Å²) < 4.78 is 116. The van der Waals surface area contributed by atoms with E-state index >= 15 is 0 Å². The van der Waals surface area contributed by atoms with Crippen LogP contribution in [0.3, 0.4) is 0 Å². The molecule has 0 radical (unpaired) electrons. The zero-order chi connectivity index (χ0) is 14.3. The van der Waals surface area contributed by atoms with E-state index in [0.717, 1.165) is 0 Å². The Kier molecular flexibility index (Phi) is 4.62. The average Bonchev–Trinajstić information content (AvgIpc) is 1.97. The first-order chi connectivity index (χ1) is 7.13. The van der Waals surface area contributed by atoms with Crippen LogP contribution >= 0.6 is 22.6 Å². The van der Waals surface area contributed by atoms with Crippen molar-refractivity contribution in [2.75, 3.05) is 0 Å². The predicted molar refractivity (Wildman–Crippen MR) is 44.4 cm³/mol. The van der Waals surface area contributed by atoms with Gasteiger partial charge in [0.15, 0.2) is 0 Å². The zero-order valence-electron chi connectivity index (χ0n) is 7.44. The fraction of sp³-hybridized carbons (Fsp3) is 1.00. The molecule has 1 unspecified atom stereocenters. The van der Waals surface area contributed by atoms with Gasteiger partial charge in [-0.15, -0.1) is 0 Å². The molecule has 0 aliphatic rings. The first kappa shape index (κ1) is 17.0. The van der Waals surface area contributed by atoms with Crippen LogP contribution in [0, 0.1) is 0 Å². The normalized spacial score (nSPS) is 17.1. The van der Waals surface area contributed by atoms with Gasteiger partial charge in [-0.25, -0.2) is 0 Å². The van der Waals surface area contributed by atoms with Crippen molar-refractivity contribution in [3.63, 3.8) is 0 Å². The molecule has 0 aliphatic heterocycles. The van der Waals surface area contributed by atoms with E-state index in [4.69, 9.17) is 0 Å². The lowest BCUT2D eigenvalue weighted by Gasteiger charge is -2.31. The van der Waals surface area contributed by atoms with E-state index in [0.29, 0.717) is 0 Å². The minimum Gasteiger partial charge on any atom is -0.198 e. The molecule has 0 amide bonds. The van der Waals surface area contributed by atoms with Crippen LogP contribution in [0.4, 0.5) is 43.9 Å². The van der Waals surface area contributed by atoms with Crippen LogP contribution in [-0.4, -0.2) is 28.1 Å². The van der Waals surface area contributed by atoms with Crippen molar-refractivity contribution in [1.29, 1.82) is 0 Å². The molecule has 0 rings (SSSR count). The second-order valence-electron chi connectivity index (χ2n) is 2.98. The maximum Gasteiger partial charge on any atom is 0.459 e. The minimum atomic E-state index is -6.62. The summed E-state index contributed by atoms with van der Waals surface area (Å²) in [6.07, 6.45) is -14.3. The van der Waals surface area contributed by atoms with Crippen molar-refractivity contribution in [3.05, 3.63) is 0 Å². The second kappa shape index (κ2) is 4.61. The summed E-state index contributed by atoms with van der Waals surface area (Å²) in [5, 5.41) is 0. The molecule has 0 N–H and O–H groups in total. The van der Waals surface area contributed by atoms with Gasteiger partial charge in [-0.1, -0.05) is 22.6 Å². The van der Waals surface area contributed by atoms with E-state index in [1.54, 1.807) is 0 Å². The maximum atomic E-state index is 12.6. The van der Waals surface area contributed by atoms with Crippen LogP contribution in [0.25, 0.3) is 0 Å². The van der Waals surface area contributed by atoms with Crippen LogP contribution in [-0.2, 0) is 0 Å². The van der Waals surface area contributed by atoms with Gasteiger partial charge in [0.05, 0.1) is 10.3 Å². The van der Waals surface area contributed by atoms with Crippen LogP contribution < -0.4 is 0 Å². The van der Waals surface area contributed by atoms with Gasteiger partial charge in [0.1, 0.15) is 0 Å². The Morgan fingerprint density at radius 3 is 1.35 bits per heavy atom. The number of alkyl halides is 11. The molecule has 1 atom stereocenters. The lowest BCUT2D eigenvalue weighted by molar-refractivity contribution is -0.355. The van der Waals surface area contributed by atoms with E-state index in [-0.39, 0.29) is 22.6 Å². The van der Waals surface area contributed by atoms with Crippen LogP contribution in [0.5, 0.6) is 0 Å². The third-order valence-electron chi connectivity index (χ3n) is 1.58. The molecule has 17 heavy (non-hydrogen) atoms. The quantitative estimate of drug-likeness (QED) is 0.375. The molecular formula is C6H3F10I. The van der Waals surface area contributed by atoms with Crippen molar-refractivity contribution >= 4 is 22.6 Å². The Hall–Kier alpha value is 0.0300. The lowest BCUT2D eigenvalue weighted by atomic mass is 10.1. The van der Waals surface area contributed by atoms with Gasteiger partial charge in [-0.05, 0) is 0 Å². The van der Waals surface area contributed by atoms with Gasteiger partial charge in [-0.2, -0.15) is 43.9 Å². The van der Waals surface area contributed by atoms with E-state index in [1.807, 2.05) is 0 Å². The van der Waals surface area contributed by atoms with Crippen molar-refractivity contribution in [2.24, 2.45) is 0 Å². The van der Waals surface area contributed by atoms with E-state index in [2.05, 4.69) is 0 Å². The van der Waals surface area contributed by atoms with Gasteiger partial charge >= 0.3 is 24.2 Å². The van der Waals surface area contributed by atoms with Crippen LogP contribution in [0.15, 0.2) is 0 Å². The van der Waals surface area contributed by atoms with Gasteiger partial charge in [-0.3, -0.25) is 0 Å². The Balaban J connectivity index is 5.14. The third-order valence-corrected chi connectivity index (χ3v) is 2.80. The van der Waals surface area contributed by atoms with E-state index in [9.17, 15) is 43.9 Å². The number of halogens is 11. The molecule has 0 spiro atoms. The van der Waals surface area contributed by atoms with Gasteiger partial charge in [0, 0.05) is 0 Å². The Labute approximate surface area is 101 Å². The summed E-state index contributed by atoms with van der Waals surface area (Å²) in [4.78, 5) is 0. The van der Waals surface area contributed by atoms with Gasteiger partial charge < -0.3 is 0 Å². The van der Waals surface area contributed by atoms with Crippen molar-refractivity contribution in [2.45, 2.75) is 34.5 Å². The summed E-state index contributed by atoms with van der Waals surface area (Å²) in [5.74, 6) is -12.4. The highest BCUT2D eigenvalue weighted by molar-refractivity contribution is 14.1. The fourth-order valence-electron chi connectivity index (χ4n) is 0.717. The monoisotopic (exact) mass is 392 g/mol. The highest BCUT2D eigenvalue weighted by atomic mass is 127. The van der Waals surface area contributed by atoms with Crippen molar-refractivity contribution in [3.8, 4) is 0 Å². The van der Waals surface area contributed by atoms with Crippen molar-refractivity contribution in [1.82, 2.24) is 0 Å². The minimum absolute atomic E-state index is 0.225. The number of rotatable bonds is 3. The zero-order valence-corrected chi connectivity index (χ0v) is 9.60. The SMILES string of the molecule is FC(F)(F)CC(I)C(F)(F)C(F)(F)C(F)(F)F. The first-order valence-electron chi connectivity index (χ1n) is 3.66.